The Balaban J connectivity index is 2.17. The lowest BCUT2D eigenvalue weighted by atomic mass is 9.93. The Kier molecular flexibility index (Phi) is 5.64. The summed E-state index contributed by atoms with van der Waals surface area (Å²) in [4.78, 5) is 1.43. The Labute approximate surface area is 140 Å². The highest BCUT2D eigenvalue weighted by Crippen LogP contribution is 2.29. The summed E-state index contributed by atoms with van der Waals surface area (Å²) < 4.78 is 1.24. The predicted octanol–water partition coefficient (Wildman–Crippen LogP) is 5.53. The molecule has 0 aliphatic heterocycles. The molecule has 1 aromatic carbocycles. The molecule has 0 bridgehead atoms. The van der Waals surface area contributed by atoms with Gasteiger partial charge in [-0.15, -0.1) is 11.3 Å². The molecule has 0 saturated heterocycles. The van der Waals surface area contributed by atoms with Crippen molar-refractivity contribution in [1.82, 2.24) is 5.32 Å². The van der Waals surface area contributed by atoms with Gasteiger partial charge in [0.25, 0.3) is 0 Å². The second-order valence-electron chi connectivity index (χ2n) is 6.63. The minimum absolute atomic E-state index is 0.148. The molecule has 1 nitrogen and oxygen atoms in total. The van der Waals surface area contributed by atoms with Crippen LogP contribution in [-0.4, -0.2) is 12.1 Å². The number of hydrogen-bond acceptors (Lipinski definition) is 2. The molecule has 1 heterocycles. The van der Waals surface area contributed by atoms with Crippen molar-refractivity contribution in [2.45, 2.75) is 45.6 Å². The van der Waals surface area contributed by atoms with E-state index in [0.717, 1.165) is 13.0 Å². The van der Waals surface area contributed by atoms with E-state index < -0.39 is 0 Å². The smallest absolute Gasteiger partial charge is 0.0314 e. The molecule has 1 N–H and O–H groups in total. The van der Waals surface area contributed by atoms with Gasteiger partial charge >= 0.3 is 0 Å². The maximum Gasteiger partial charge on any atom is 0.0314 e. The van der Waals surface area contributed by atoms with Crippen molar-refractivity contribution in [3.8, 4) is 0 Å². The van der Waals surface area contributed by atoms with E-state index in [4.69, 9.17) is 0 Å². The lowest BCUT2D eigenvalue weighted by molar-refractivity contribution is 0.405. The van der Waals surface area contributed by atoms with Crippen molar-refractivity contribution in [3.63, 3.8) is 0 Å². The molecule has 0 spiro atoms. The third-order valence-corrected chi connectivity index (χ3v) is 5.50. The fourth-order valence-corrected chi connectivity index (χ4v) is 3.87. The van der Waals surface area contributed by atoms with Crippen molar-refractivity contribution in [3.05, 3.63) is 56.2 Å². The minimum Gasteiger partial charge on any atom is -0.311 e. The summed E-state index contributed by atoms with van der Waals surface area (Å²) in [5, 5.41) is 5.81. The monoisotopic (exact) mass is 365 g/mol. The summed E-state index contributed by atoms with van der Waals surface area (Å²) in [5.41, 5.74) is 2.88. The molecule has 0 fully saturated rings. The SMILES string of the molecule is Cc1ccc(C(CNC(C)(C)C)Cc2sccc2Br)cc1. The Hall–Kier alpha value is -0.640. The molecule has 0 aliphatic rings. The molecule has 0 aliphatic carbocycles. The molecule has 114 valence electrons. The van der Waals surface area contributed by atoms with Gasteiger partial charge in [0, 0.05) is 27.4 Å². The first-order valence-corrected chi connectivity index (χ1v) is 9.06. The van der Waals surface area contributed by atoms with Gasteiger partial charge in [-0.2, -0.15) is 0 Å². The number of halogens is 1. The summed E-state index contributed by atoms with van der Waals surface area (Å²) in [7, 11) is 0. The maximum atomic E-state index is 3.66. The zero-order valence-corrected chi connectivity index (χ0v) is 15.6. The van der Waals surface area contributed by atoms with Gasteiger partial charge in [-0.1, -0.05) is 29.8 Å². The van der Waals surface area contributed by atoms with Gasteiger partial charge in [0.05, 0.1) is 0 Å². The molecule has 1 aromatic heterocycles. The zero-order valence-electron chi connectivity index (χ0n) is 13.2. The van der Waals surface area contributed by atoms with Crippen molar-refractivity contribution in [2.24, 2.45) is 0 Å². The quantitative estimate of drug-likeness (QED) is 0.733. The summed E-state index contributed by atoms with van der Waals surface area (Å²) >= 11 is 5.49. The molecule has 1 atom stereocenters. The number of rotatable bonds is 5. The highest BCUT2D eigenvalue weighted by Gasteiger charge is 2.18. The second-order valence-corrected chi connectivity index (χ2v) is 8.49. The van der Waals surface area contributed by atoms with Gasteiger partial charge in [-0.3, -0.25) is 0 Å². The number of nitrogens with one attached hydrogen (secondary N) is 1. The minimum atomic E-state index is 0.148. The average molecular weight is 366 g/mol. The molecular formula is C18H24BrNS. The maximum absolute atomic E-state index is 3.66. The number of aryl methyl sites for hydroxylation is 1. The highest BCUT2D eigenvalue weighted by atomic mass is 79.9. The van der Waals surface area contributed by atoms with E-state index >= 15 is 0 Å². The lowest BCUT2D eigenvalue weighted by Crippen LogP contribution is -2.39. The van der Waals surface area contributed by atoms with Crippen molar-refractivity contribution in [2.75, 3.05) is 6.54 Å². The van der Waals surface area contributed by atoms with Crippen LogP contribution in [-0.2, 0) is 6.42 Å². The van der Waals surface area contributed by atoms with Crippen LogP contribution in [0.5, 0.6) is 0 Å². The van der Waals surface area contributed by atoms with Crippen LogP contribution in [0.2, 0.25) is 0 Å². The Morgan fingerprint density at radius 3 is 2.33 bits per heavy atom. The van der Waals surface area contributed by atoms with Crippen LogP contribution in [0.1, 0.15) is 42.7 Å². The first kappa shape index (κ1) is 16.7. The Morgan fingerprint density at radius 1 is 1.14 bits per heavy atom. The molecule has 0 amide bonds. The zero-order chi connectivity index (χ0) is 15.5. The summed E-state index contributed by atoms with van der Waals surface area (Å²) in [6.45, 7) is 9.81. The summed E-state index contributed by atoms with van der Waals surface area (Å²) in [6, 6.07) is 11.1. The van der Waals surface area contributed by atoms with Crippen molar-refractivity contribution < 1.29 is 0 Å². The van der Waals surface area contributed by atoms with E-state index in [1.807, 2.05) is 11.3 Å². The van der Waals surface area contributed by atoms with E-state index in [1.165, 1.54) is 20.5 Å². The van der Waals surface area contributed by atoms with E-state index in [9.17, 15) is 0 Å². The number of thiophene rings is 1. The fourth-order valence-electron chi connectivity index (χ4n) is 2.27. The lowest BCUT2D eigenvalue weighted by Gasteiger charge is -2.25. The van der Waals surface area contributed by atoms with Crippen molar-refractivity contribution in [1.29, 1.82) is 0 Å². The van der Waals surface area contributed by atoms with E-state index in [1.54, 1.807) is 0 Å². The van der Waals surface area contributed by atoms with E-state index in [0.29, 0.717) is 5.92 Å². The number of hydrogen-bond donors (Lipinski definition) is 1. The molecule has 0 saturated carbocycles. The third-order valence-electron chi connectivity index (χ3n) is 3.55. The van der Waals surface area contributed by atoms with Crippen LogP contribution >= 0.6 is 27.3 Å². The van der Waals surface area contributed by atoms with Crippen LogP contribution in [0.3, 0.4) is 0 Å². The molecule has 21 heavy (non-hydrogen) atoms. The van der Waals surface area contributed by atoms with Crippen LogP contribution in [0.25, 0.3) is 0 Å². The largest absolute Gasteiger partial charge is 0.311 e. The average Bonchev–Trinajstić information content (AvgIpc) is 2.80. The molecule has 2 rings (SSSR count). The third kappa shape index (κ3) is 5.24. The second kappa shape index (κ2) is 7.08. The summed E-state index contributed by atoms with van der Waals surface area (Å²) in [5.74, 6) is 0.500. The normalized spacial score (nSPS) is 13.4. The molecule has 3 heteroatoms. The van der Waals surface area contributed by atoms with Gasteiger partial charge in [0.1, 0.15) is 0 Å². The topological polar surface area (TPSA) is 12.0 Å². The van der Waals surface area contributed by atoms with Crippen LogP contribution in [0.4, 0.5) is 0 Å². The van der Waals surface area contributed by atoms with Gasteiger partial charge in [0.2, 0.25) is 0 Å². The molecule has 1 unspecified atom stereocenters. The first-order valence-electron chi connectivity index (χ1n) is 7.38. The van der Waals surface area contributed by atoms with Gasteiger partial charge in [0.15, 0.2) is 0 Å². The highest BCUT2D eigenvalue weighted by molar-refractivity contribution is 9.10. The van der Waals surface area contributed by atoms with Crippen LogP contribution < -0.4 is 5.32 Å². The van der Waals surface area contributed by atoms with Crippen LogP contribution in [0.15, 0.2) is 40.2 Å². The Morgan fingerprint density at radius 2 is 1.81 bits per heavy atom. The van der Waals surface area contributed by atoms with E-state index in [-0.39, 0.29) is 5.54 Å². The van der Waals surface area contributed by atoms with Gasteiger partial charge in [-0.05, 0) is 67.1 Å². The van der Waals surface area contributed by atoms with Crippen LogP contribution in [0, 0.1) is 6.92 Å². The first-order chi connectivity index (χ1) is 9.85. The van der Waals surface area contributed by atoms with Crippen molar-refractivity contribution >= 4 is 27.3 Å². The van der Waals surface area contributed by atoms with Gasteiger partial charge in [-0.25, -0.2) is 0 Å². The van der Waals surface area contributed by atoms with Gasteiger partial charge < -0.3 is 5.32 Å². The predicted molar refractivity (Wildman–Crippen MR) is 97.4 cm³/mol. The standard InChI is InChI=1S/C18H24BrNS/c1-13-5-7-14(8-6-13)15(12-20-18(2,3)4)11-17-16(19)9-10-21-17/h5-10,15,20H,11-12H2,1-4H3. The molecule has 0 radical (unpaired) electrons. The number of benzene rings is 1. The molecule has 2 aromatic rings. The Bertz CT molecular complexity index is 566. The van der Waals surface area contributed by atoms with E-state index in [2.05, 4.69) is 84.7 Å². The molecular weight excluding hydrogens is 342 g/mol. The fraction of sp³-hybridized carbons (Fsp3) is 0.444. The summed E-state index contributed by atoms with van der Waals surface area (Å²) in [6.07, 6.45) is 1.07.